The lowest BCUT2D eigenvalue weighted by Crippen LogP contribution is -2.26. The van der Waals surface area contributed by atoms with Crippen molar-refractivity contribution >= 4 is 51.2 Å². The summed E-state index contributed by atoms with van der Waals surface area (Å²) in [6.45, 7) is 1.67. The Kier molecular flexibility index (Phi) is 7.57. The Bertz CT molecular complexity index is 1620. The van der Waals surface area contributed by atoms with Gasteiger partial charge in [-0.05, 0) is 89.4 Å². The largest absolute Gasteiger partial charge is 0.369 e. The molecular formula is C34H33ClN4. The highest BCUT2D eigenvalue weighted by atomic mass is 35.5. The summed E-state index contributed by atoms with van der Waals surface area (Å²) < 4.78 is 0. The molecule has 6 rings (SSSR count). The lowest BCUT2D eigenvalue weighted by atomic mass is 9.81. The van der Waals surface area contributed by atoms with Crippen LogP contribution < -0.4 is 11.1 Å². The van der Waals surface area contributed by atoms with Gasteiger partial charge in [0.2, 0.25) is 0 Å². The van der Waals surface area contributed by atoms with Gasteiger partial charge in [0.25, 0.3) is 0 Å². The topological polar surface area (TPSA) is 63.8 Å². The van der Waals surface area contributed by atoms with E-state index in [1.54, 1.807) is 0 Å². The van der Waals surface area contributed by atoms with Crippen LogP contribution in [0.3, 0.4) is 0 Å². The smallest absolute Gasteiger partial charge is 0.154 e. The van der Waals surface area contributed by atoms with Crippen LogP contribution in [0.15, 0.2) is 84.9 Å². The van der Waals surface area contributed by atoms with Crippen LogP contribution in [0.25, 0.3) is 45.0 Å². The Morgan fingerprint density at radius 1 is 0.846 bits per heavy atom. The molecular weight excluding hydrogens is 500 g/mol. The van der Waals surface area contributed by atoms with E-state index in [1.165, 1.54) is 47.6 Å². The molecule has 1 aromatic heterocycles. The molecule has 2 unspecified atom stereocenters. The minimum Gasteiger partial charge on any atom is -0.369 e. The van der Waals surface area contributed by atoms with Gasteiger partial charge in [-0.3, -0.25) is 0 Å². The molecule has 0 amide bonds. The predicted octanol–water partition coefficient (Wildman–Crippen LogP) is 8.45. The molecule has 0 saturated heterocycles. The van der Waals surface area contributed by atoms with Gasteiger partial charge < -0.3 is 11.1 Å². The average Bonchev–Trinajstić information content (AvgIpc) is 2.98. The minimum atomic E-state index is 0.615. The van der Waals surface area contributed by atoms with Crippen LogP contribution in [0, 0.1) is 11.8 Å². The van der Waals surface area contributed by atoms with Crippen molar-refractivity contribution in [1.29, 1.82) is 0 Å². The second-order valence-corrected chi connectivity index (χ2v) is 11.0. The first kappa shape index (κ1) is 25.5. The molecule has 0 radical (unpaired) electrons. The number of aromatic nitrogens is 2. The molecule has 4 nitrogen and oxygen atoms in total. The van der Waals surface area contributed by atoms with E-state index in [-0.39, 0.29) is 0 Å². The molecule has 1 aliphatic carbocycles. The summed E-state index contributed by atoms with van der Waals surface area (Å²) in [6, 6.07) is 29.4. The molecule has 39 heavy (non-hydrogen) atoms. The van der Waals surface area contributed by atoms with Crippen LogP contribution in [-0.4, -0.2) is 23.1 Å². The summed E-state index contributed by atoms with van der Waals surface area (Å²) in [5.41, 5.74) is 10.3. The van der Waals surface area contributed by atoms with E-state index < -0.39 is 0 Å². The number of halogens is 1. The first-order chi connectivity index (χ1) is 19.2. The highest BCUT2D eigenvalue weighted by Gasteiger charge is 2.21. The van der Waals surface area contributed by atoms with Gasteiger partial charge in [0.05, 0.1) is 5.52 Å². The molecule has 4 aromatic carbocycles. The molecule has 0 spiro atoms. The van der Waals surface area contributed by atoms with Crippen LogP contribution in [0.1, 0.15) is 37.1 Å². The Hall–Kier alpha value is -3.73. The van der Waals surface area contributed by atoms with E-state index >= 15 is 0 Å². The van der Waals surface area contributed by atoms with Crippen LogP contribution in [0.4, 0.5) is 5.82 Å². The quantitative estimate of drug-likeness (QED) is 0.221. The lowest BCUT2D eigenvalue weighted by molar-refractivity contribution is 0.281. The molecule has 3 N–H and O–H groups in total. The number of nitrogens with zero attached hydrogens (tertiary/aromatic N) is 2. The van der Waals surface area contributed by atoms with E-state index in [4.69, 9.17) is 27.3 Å². The molecule has 2 atom stereocenters. The zero-order valence-corrected chi connectivity index (χ0v) is 22.7. The average molecular weight is 533 g/mol. The highest BCUT2D eigenvalue weighted by molar-refractivity contribution is 6.31. The van der Waals surface area contributed by atoms with Crippen LogP contribution in [0.5, 0.6) is 0 Å². The van der Waals surface area contributed by atoms with Crippen molar-refractivity contribution in [3.63, 3.8) is 0 Å². The zero-order chi connectivity index (χ0) is 26.6. The van der Waals surface area contributed by atoms with Gasteiger partial charge in [0, 0.05) is 17.0 Å². The van der Waals surface area contributed by atoms with Crippen molar-refractivity contribution in [3.8, 4) is 11.1 Å². The van der Waals surface area contributed by atoms with E-state index in [0.29, 0.717) is 22.7 Å². The second-order valence-electron chi connectivity index (χ2n) is 10.6. The third-order valence-corrected chi connectivity index (χ3v) is 8.13. The van der Waals surface area contributed by atoms with Crippen molar-refractivity contribution in [2.45, 2.75) is 25.7 Å². The molecule has 5 heteroatoms. The van der Waals surface area contributed by atoms with Gasteiger partial charge in [0.15, 0.2) is 5.82 Å². The first-order valence-electron chi connectivity index (χ1n) is 13.8. The molecule has 1 aliphatic rings. The Morgan fingerprint density at radius 3 is 2.54 bits per heavy atom. The molecule has 5 aromatic rings. The van der Waals surface area contributed by atoms with Crippen molar-refractivity contribution < 1.29 is 0 Å². The monoisotopic (exact) mass is 532 g/mol. The lowest BCUT2D eigenvalue weighted by Gasteiger charge is -2.28. The van der Waals surface area contributed by atoms with Gasteiger partial charge in [-0.2, -0.15) is 0 Å². The fourth-order valence-electron chi connectivity index (χ4n) is 5.79. The van der Waals surface area contributed by atoms with Crippen LogP contribution in [0.2, 0.25) is 5.02 Å². The summed E-state index contributed by atoms with van der Waals surface area (Å²) in [5, 5.41) is 7.80. The number of anilines is 1. The van der Waals surface area contributed by atoms with Gasteiger partial charge in [-0.1, -0.05) is 90.8 Å². The molecule has 0 aliphatic heterocycles. The van der Waals surface area contributed by atoms with Crippen LogP contribution >= 0.6 is 11.6 Å². The van der Waals surface area contributed by atoms with Gasteiger partial charge in [0.1, 0.15) is 5.82 Å². The summed E-state index contributed by atoms with van der Waals surface area (Å²) in [6.07, 6.45) is 8.96. The molecule has 0 bridgehead atoms. The van der Waals surface area contributed by atoms with E-state index in [0.717, 1.165) is 35.4 Å². The fraction of sp³-hybridized carbons (Fsp3) is 0.235. The first-order valence-corrected chi connectivity index (χ1v) is 14.2. The van der Waals surface area contributed by atoms with E-state index in [2.05, 4.69) is 78.1 Å². The maximum Gasteiger partial charge on any atom is 0.154 e. The predicted molar refractivity (Wildman–Crippen MR) is 166 cm³/mol. The van der Waals surface area contributed by atoms with Crippen molar-refractivity contribution in [1.82, 2.24) is 9.97 Å². The van der Waals surface area contributed by atoms with Gasteiger partial charge in [-0.25, -0.2) is 9.97 Å². The summed E-state index contributed by atoms with van der Waals surface area (Å²) in [7, 11) is 0. The third-order valence-electron chi connectivity index (χ3n) is 7.90. The maximum absolute atomic E-state index is 6.32. The second kappa shape index (κ2) is 11.6. The molecule has 1 saturated carbocycles. The Morgan fingerprint density at radius 2 is 1.67 bits per heavy atom. The SMILES string of the molecule is NCC1CCCC(CNc2nc(C=Cc3ccc(-c4cccc5ccccc45)cc3)nc3cc(Cl)ccc23)C1. The summed E-state index contributed by atoms with van der Waals surface area (Å²) in [4.78, 5) is 9.68. The zero-order valence-electron chi connectivity index (χ0n) is 22.0. The number of rotatable bonds is 7. The number of fused-ring (bicyclic) bond motifs is 2. The normalized spacial score (nSPS) is 17.7. The highest BCUT2D eigenvalue weighted by Crippen LogP contribution is 2.31. The van der Waals surface area contributed by atoms with Gasteiger partial charge in [-0.15, -0.1) is 0 Å². The summed E-state index contributed by atoms with van der Waals surface area (Å²) >= 11 is 6.32. The van der Waals surface area contributed by atoms with Crippen molar-refractivity contribution in [2.75, 3.05) is 18.4 Å². The molecule has 196 valence electrons. The van der Waals surface area contributed by atoms with E-state index in [1.807, 2.05) is 24.3 Å². The number of hydrogen-bond donors (Lipinski definition) is 2. The van der Waals surface area contributed by atoms with Crippen molar-refractivity contribution in [2.24, 2.45) is 17.6 Å². The Labute approximate surface area is 234 Å². The minimum absolute atomic E-state index is 0.615. The maximum atomic E-state index is 6.32. The number of nitrogens with two attached hydrogens (primary N) is 1. The van der Waals surface area contributed by atoms with Gasteiger partial charge >= 0.3 is 0 Å². The molecule has 1 heterocycles. The number of benzene rings is 4. The summed E-state index contributed by atoms with van der Waals surface area (Å²) in [5.74, 6) is 2.77. The molecule has 1 fully saturated rings. The number of nitrogens with one attached hydrogen (secondary N) is 1. The van der Waals surface area contributed by atoms with Crippen molar-refractivity contribution in [3.05, 3.63) is 101 Å². The fourth-order valence-corrected chi connectivity index (χ4v) is 5.96. The van der Waals surface area contributed by atoms with E-state index in [9.17, 15) is 0 Å². The standard InChI is InChI=1S/C34H33ClN4/c35-28-16-17-31-32(20-28)38-33(39-34(31)37-22-25-6-3-5-24(19-25)21-36)18-13-23-11-14-27(15-12-23)30-10-4-8-26-7-1-2-9-29(26)30/h1-2,4,7-18,20,24-25H,3,5-6,19,21-22,36H2,(H,37,38,39). The Balaban J connectivity index is 1.24. The number of hydrogen-bond acceptors (Lipinski definition) is 4. The van der Waals surface area contributed by atoms with Crippen LogP contribution in [-0.2, 0) is 0 Å². The third kappa shape index (κ3) is 5.83.